The van der Waals surface area contributed by atoms with Gasteiger partial charge in [-0.25, -0.2) is 0 Å². The Kier molecular flexibility index (Phi) is 3.71. The molecule has 110 valence electrons. The lowest BCUT2D eigenvalue weighted by atomic mass is 9.80. The summed E-state index contributed by atoms with van der Waals surface area (Å²) in [5, 5.41) is 19.0. The number of hydrogen-bond donors (Lipinski definition) is 3. The number of hydrogen-bond acceptors (Lipinski definition) is 3. The van der Waals surface area contributed by atoms with Crippen molar-refractivity contribution in [1.82, 2.24) is 4.57 Å². The van der Waals surface area contributed by atoms with Gasteiger partial charge < -0.3 is 20.3 Å². The van der Waals surface area contributed by atoms with Crippen LogP contribution in [-0.4, -0.2) is 27.6 Å². The topological polar surface area (TPSA) is 88.5 Å². The number of rotatable bonds is 4. The maximum atomic E-state index is 11.4. The maximum Gasteiger partial charge on any atom is 0.488 e. The van der Waals surface area contributed by atoms with Gasteiger partial charge in [0, 0.05) is 29.2 Å². The minimum atomic E-state index is -1.46. The first-order valence-corrected chi connectivity index (χ1v) is 6.89. The second-order valence-electron chi connectivity index (χ2n) is 5.16. The van der Waals surface area contributed by atoms with Gasteiger partial charge in [-0.15, -0.1) is 0 Å². The molecule has 0 aliphatic rings. The van der Waals surface area contributed by atoms with Gasteiger partial charge in [-0.3, -0.25) is 4.79 Å². The predicted octanol–water partition coefficient (Wildman–Crippen LogP) is 0.468. The molecular formula is C16H15BN2O3. The van der Waals surface area contributed by atoms with Crippen molar-refractivity contribution in [3.8, 4) is 0 Å². The van der Waals surface area contributed by atoms with Crippen molar-refractivity contribution in [2.24, 2.45) is 5.73 Å². The van der Waals surface area contributed by atoms with E-state index in [0.717, 1.165) is 16.5 Å². The first kappa shape index (κ1) is 14.4. The Balaban J connectivity index is 1.94. The molecule has 0 saturated heterocycles. The van der Waals surface area contributed by atoms with Crippen LogP contribution in [0.4, 0.5) is 0 Å². The van der Waals surface area contributed by atoms with Crippen molar-refractivity contribution in [2.75, 3.05) is 0 Å². The van der Waals surface area contributed by atoms with E-state index in [9.17, 15) is 4.79 Å². The Hall–Kier alpha value is -2.57. The fraction of sp³-hybridized carbons (Fsp3) is 0.0625. The number of aromatic nitrogens is 1. The Morgan fingerprint density at radius 3 is 2.45 bits per heavy atom. The molecule has 0 bridgehead atoms. The summed E-state index contributed by atoms with van der Waals surface area (Å²) in [6.45, 7) is 0.619. The normalized spacial score (nSPS) is 10.8. The molecule has 0 spiro atoms. The predicted molar refractivity (Wildman–Crippen MR) is 85.8 cm³/mol. The Bertz CT molecular complexity index is 825. The van der Waals surface area contributed by atoms with Crippen LogP contribution in [0.15, 0.2) is 54.7 Å². The Morgan fingerprint density at radius 2 is 1.82 bits per heavy atom. The monoisotopic (exact) mass is 294 g/mol. The second-order valence-corrected chi connectivity index (χ2v) is 5.16. The quantitative estimate of drug-likeness (QED) is 0.611. The average Bonchev–Trinajstić information content (AvgIpc) is 2.91. The zero-order chi connectivity index (χ0) is 15.7. The van der Waals surface area contributed by atoms with Gasteiger partial charge in [-0.2, -0.15) is 0 Å². The zero-order valence-electron chi connectivity index (χ0n) is 11.8. The number of primary amides is 1. The summed E-state index contributed by atoms with van der Waals surface area (Å²) >= 11 is 0. The van der Waals surface area contributed by atoms with E-state index in [4.69, 9.17) is 15.8 Å². The molecule has 3 rings (SSSR count). The van der Waals surface area contributed by atoms with E-state index >= 15 is 0 Å². The molecule has 1 heterocycles. The van der Waals surface area contributed by atoms with Crippen LogP contribution in [0.25, 0.3) is 10.9 Å². The van der Waals surface area contributed by atoms with Gasteiger partial charge in [0.2, 0.25) is 5.91 Å². The molecule has 6 heteroatoms. The third-order valence-electron chi connectivity index (χ3n) is 3.71. The molecule has 0 saturated carbocycles. The van der Waals surface area contributed by atoms with Crippen LogP contribution in [-0.2, 0) is 6.54 Å². The minimum absolute atomic E-state index is 0.440. The van der Waals surface area contributed by atoms with Crippen molar-refractivity contribution >= 4 is 29.4 Å². The van der Waals surface area contributed by atoms with Crippen molar-refractivity contribution in [3.63, 3.8) is 0 Å². The molecule has 0 aliphatic carbocycles. The van der Waals surface area contributed by atoms with Gasteiger partial charge in [0.05, 0.1) is 0 Å². The average molecular weight is 294 g/mol. The van der Waals surface area contributed by atoms with Gasteiger partial charge in [-0.1, -0.05) is 30.3 Å². The van der Waals surface area contributed by atoms with Gasteiger partial charge in [0.15, 0.2) is 0 Å². The van der Waals surface area contributed by atoms with E-state index in [0.29, 0.717) is 17.6 Å². The molecule has 1 aromatic heterocycles. The first-order valence-electron chi connectivity index (χ1n) is 6.89. The summed E-state index contributed by atoms with van der Waals surface area (Å²) in [6.07, 6.45) is 1.91. The molecule has 22 heavy (non-hydrogen) atoms. The van der Waals surface area contributed by atoms with Gasteiger partial charge in [0.1, 0.15) is 0 Å². The molecule has 5 nitrogen and oxygen atoms in total. The second kappa shape index (κ2) is 5.67. The molecule has 0 radical (unpaired) electrons. The van der Waals surface area contributed by atoms with Gasteiger partial charge in [0.25, 0.3) is 0 Å². The van der Waals surface area contributed by atoms with Crippen molar-refractivity contribution < 1.29 is 14.8 Å². The van der Waals surface area contributed by atoms with Crippen LogP contribution in [0.3, 0.4) is 0 Å². The number of amides is 1. The zero-order valence-corrected chi connectivity index (χ0v) is 11.8. The SMILES string of the molecule is NC(=O)c1cccc2c1ccn2Cc1ccc(B(O)O)cc1. The third kappa shape index (κ3) is 2.62. The number of benzene rings is 2. The summed E-state index contributed by atoms with van der Waals surface area (Å²) in [6, 6.07) is 14.4. The fourth-order valence-corrected chi connectivity index (χ4v) is 2.57. The molecule has 4 N–H and O–H groups in total. The highest BCUT2D eigenvalue weighted by Crippen LogP contribution is 2.21. The highest BCUT2D eigenvalue weighted by Gasteiger charge is 2.11. The highest BCUT2D eigenvalue weighted by atomic mass is 16.4. The lowest BCUT2D eigenvalue weighted by Gasteiger charge is -2.07. The highest BCUT2D eigenvalue weighted by molar-refractivity contribution is 6.58. The molecule has 0 fully saturated rings. The van der Waals surface area contributed by atoms with Crippen molar-refractivity contribution in [2.45, 2.75) is 6.54 Å². The summed E-state index contributed by atoms with van der Waals surface area (Å²) in [4.78, 5) is 11.4. The lowest BCUT2D eigenvalue weighted by molar-refractivity contribution is 0.100. The van der Waals surface area contributed by atoms with Crippen LogP contribution >= 0.6 is 0 Å². The third-order valence-corrected chi connectivity index (χ3v) is 3.71. The van der Waals surface area contributed by atoms with E-state index in [2.05, 4.69) is 0 Å². The fourth-order valence-electron chi connectivity index (χ4n) is 2.57. The van der Waals surface area contributed by atoms with Gasteiger partial charge in [-0.05, 0) is 29.2 Å². The number of nitrogens with two attached hydrogens (primary N) is 1. The van der Waals surface area contributed by atoms with Crippen LogP contribution in [0.5, 0.6) is 0 Å². The van der Waals surface area contributed by atoms with E-state index in [-0.39, 0.29) is 0 Å². The summed E-state index contributed by atoms with van der Waals surface area (Å²) in [5.74, 6) is -0.440. The van der Waals surface area contributed by atoms with Crippen molar-refractivity contribution in [3.05, 3.63) is 65.9 Å². The van der Waals surface area contributed by atoms with E-state index in [1.54, 1.807) is 18.2 Å². The summed E-state index contributed by atoms with van der Waals surface area (Å²) in [5.41, 5.74) is 8.31. The molecule has 1 amide bonds. The van der Waals surface area contributed by atoms with E-state index in [1.807, 2.05) is 41.1 Å². The molecule has 0 aliphatic heterocycles. The van der Waals surface area contributed by atoms with E-state index < -0.39 is 13.0 Å². The standard InChI is InChI=1S/C16H15BN2O3/c18-16(20)14-2-1-3-15-13(14)8-9-19(15)10-11-4-6-12(7-5-11)17(21)22/h1-9,21-22H,10H2,(H2,18,20). The molecule has 0 atom stereocenters. The van der Waals surface area contributed by atoms with Gasteiger partial charge >= 0.3 is 7.12 Å². The smallest absolute Gasteiger partial charge is 0.423 e. The molecular weight excluding hydrogens is 279 g/mol. The van der Waals surface area contributed by atoms with Crippen LogP contribution in [0.1, 0.15) is 15.9 Å². The number of nitrogens with zero attached hydrogens (tertiary/aromatic N) is 1. The molecule has 2 aromatic carbocycles. The Labute approximate surface area is 127 Å². The maximum absolute atomic E-state index is 11.4. The van der Waals surface area contributed by atoms with Crippen molar-refractivity contribution in [1.29, 1.82) is 0 Å². The number of carbonyl (C=O) groups is 1. The summed E-state index contributed by atoms with van der Waals surface area (Å²) in [7, 11) is -1.46. The van der Waals surface area contributed by atoms with Crippen LogP contribution < -0.4 is 11.2 Å². The minimum Gasteiger partial charge on any atom is -0.423 e. The lowest BCUT2D eigenvalue weighted by Crippen LogP contribution is -2.29. The molecule has 3 aromatic rings. The van der Waals surface area contributed by atoms with Crippen LogP contribution in [0, 0.1) is 0 Å². The van der Waals surface area contributed by atoms with E-state index in [1.165, 1.54) is 0 Å². The number of carbonyl (C=O) groups excluding carboxylic acids is 1. The molecule has 0 unspecified atom stereocenters. The number of fused-ring (bicyclic) bond motifs is 1. The summed E-state index contributed by atoms with van der Waals surface area (Å²) < 4.78 is 2.02. The largest absolute Gasteiger partial charge is 0.488 e. The van der Waals surface area contributed by atoms with Crippen LogP contribution in [0.2, 0.25) is 0 Å². The first-order chi connectivity index (χ1) is 10.6. The Morgan fingerprint density at radius 1 is 1.09 bits per heavy atom.